The molecule has 2 aromatic carbocycles. The van der Waals surface area contributed by atoms with Gasteiger partial charge in [-0.25, -0.2) is 0 Å². The lowest BCUT2D eigenvalue weighted by Crippen LogP contribution is -2.90. The lowest BCUT2D eigenvalue weighted by molar-refractivity contribution is -0.684. The molecule has 2 aromatic rings. The predicted octanol–water partition coefficient (Wildman–Crippen LogP) is 2.32. The highest BCUT2D eigenvalue weighted by atomic mass is 16.1. The Hall–Kier alpha value is -2.13. The van der Waals surface area contributed by atoms with Crippen LogP contribution in [0.3, 0.4) is 0 Å². The van der Waals surface area contributed by atoms with E-state index in [9.17, 15) is 4.79 Å². The van der Waals surface area contributed by atoms with Gasteiger partial charge >= 0.3 is 0 Å². The summed E-state index contributed by atoms with van der Waals surface area (Å²) >= 11 is 0. The SMILES string of the molecule is C[C@H](Cc1ccccc1)NC(=O)CC[NH2+][C@@H](C)Cc1ccccc1. The number of nitrogens with one attached hydrogen (secondary N) is 1. The van der Waals surface area contributed by atoms with Gasteiger partial charge in [0.15, 0.2) is 0 Å². The van der Waals surface area contributed by atoms with Crippen LogP contribution in [0, 0.1) is 0 Å². The van der Waals surface area contributed by atoms with Crippen LogP contribution in [0.5, 0.6) is 0 Å². The summed E-state index contributed by atoms with van der Waals surface area (Å²) < 4.78 is 0. The van der Waals surface area contributed by atoms with Crippen molar-refractivity contribution in [1.82, 2.24) is 5.32 Å². The Morgan fingerprint density at radius 2 is 1.46 bits per heavy atom. The Morgan fingerprint density at radius 3 is 2.04 bits per heavy atom. The van der Waals surface area contributed by atoms with Crippen LogP contribution in [-0.4, -0.2) is 24.5 Å². The van der Waals surface area contributed by atoms with Crippen LogP contribution in [0.2, 0.25) is 0 Å². The summed E-state index contributed by atoms with van der Waals surface area (Å²) in [4.78, 5) is 12.1. The summed E-state index contributed by atoms with van der Waals surface area (Å²) in [7, 11) is 0. The van der Waals surface area contributed by atoms with Gasteiger partial charge in [-0.2, -0.15) is 0 Å². The highest BCUT2D eigenvalue weighted by Gasteiger charge is 2.11. The molecule has 128 valence electrons. The maximum atomic E-state index is 12.1. The minimum atomic E-state index is 0.140. The van der Waals surface area contributed by atoms with E-state index in [4.69, 9.17) is 0 Å². The normalized spacial score (nSPS) is 13.2. The molecule has 0 aliphatic heterocycles. The summed E-state index contributed by atoms with van der Waals surface area (Å²) in [5.41, 5.74) is 2.61. The predicted molar refractivity (Wildman–Crippen MR) is 98.8 cm³/mol. The molecule has 0 radical (unpaired) electrons. The monoisotopic (exact) mass is 325 g/mol. The number of carbonyl (C=O) groups is 1. The van der Waals surface area contributed by atoms with E-state index in [0.29, 0.717) is 12.5 Å². The Kier molecular flexibility index (Phi) is 7.50. The molecule has 0 heterocycles. The third-order valence-corrected chi connectivity index (χ3v) is 4.13. The number of amides is 1. The molecular formula is C21H29N2O+. The molecule has 0 fully saturated rings. The molecule has 2 atom stereocenters. The Bertz CT molecular complexity index is 598. The number of rotatable bonds is 9. The summed E-state index contributed by atoms with van der Waals surface area (Å²) in [5, 5.41) is 5.35. The zero-order valence-corrected chi connectivity index (χ0v) is 14.7. The van der Waals surface area contributed by atoms with E-state index in [2.05, 4.69) is 60.9 Å². The first kappa shape index (κ1) is 18.2. The number of carbonyl (C=O) groups excluding carboxylic acids is 1. The van der Waals surface area contributed by atoms with Crippen molar-refractivity contribution in [2.24, 2.45) is 0 Å². The Morgan fingerprint density at radius 1 is 0.917 bits per heavy atom. The van der Waals surface area contributed by atoms with E-state index < -0.39 is 0 Å². The fourth-order valence-electron chi connectivity index (χ4n) is 2.93. The second-order valence-corrected chi connectivity index (χ2v) is 6.60. The van der Waals surface area contributed by atoms with E-state index >= 15 is 0 Å². The molecule has 3 heteroatoms. The molecule has 0 saturated carbocycles. The summed E-state index contributed by atoms with van der Waals surface area (Å²) in [6.45, 7) is 5.10. The molecule has 0 aromatic heterocycles. The third-order valence-electron chi connectivity index (χ3n) is 4.13. The Labute approximate surface area is 145 Å². The second kappa shape index (κ2) is 9.89. The average Bonchev–Trinajstić information content (AvgIpc) is 2.56. The largest absolute Gasteiger partial charge is 0.353 e. The summed E-state index contributed by atoms with van der Waals surface area (Å²) in [5.74, 6) is 0.140. The molecule has 3 nitrogen and oxygen atoms in total. The van der Waals surface area contributed by atoms with Gasteiger partial charge in [-0.15, -0.1) is 0 Å². The quantitative estimate of drug-likeness (QED) is 0.730. The van der Waals surface area contributed by atoms with Gasteiger partial charge < -0.3 is 10.6 Å². The van der Waals surface area contributed by atoms with E-state index in [1.807, 2.05) is 24.3 Å². The van der Waals surface area contributed by atoms with Gasteiger partial charge in [-0.05, 0) is 31.4 Å². The van der Waals surface area contributed by atoms with Crippen molar-refractivity contribution < 1.29 is 10.1 Å². The number of quaternary nitrogens is 1. The molecule has 0 aliphatic rings. The minimum absolute atomic E-state index is 0.140. The topological polar surface area (TPSA) is 45.7 Å². The van der Waals surface area contributed by atoms with Crippen molar-refractivity contribution in [1.29, 1.82) is 0 Å². The van der Waals surface area contributed by atoms with E-state index in [0.717, 1.165) is 19.4 Å². The number of benzene rings is 2. The van der Waals surface area contributed by atoms with Gasteiger partial charge in [-0.3, -0.25) is 4.79 Å². The molecule has 3 N–H and O–H groups in total. The zero-order chi connectivity index (χ0) is 17.2. The molecule has 1 amide bonds. The molecule has 0 aliphatic carbocycles. The third kappa shape index (κ3) is 6.97. The summed E-state index contributed by atoms with van der Waals surface area (Å²) in [6.07, 6.45) is 2.48. The van der Waals surface area contributed by atoms with Crippen LogP contribution in [0.15, 0.2) is 60.7 Å². The van der Waals surface area contributed by atoms with Crippen molar-refractivity contribution in [3.63, 3.8) is 0 Å². The first-order chi connectivity index (χ1) is 11.6. The van der Waals surface area contributed by atoms with Gasteiger partial charge in [-0.1, -0.05) is 60.7 Å². The molecule has 0 saturated heterocycles. The molecule has 24 heavy (non-hydrogen) atoms. The first-order valence-electron chi connectivity index (χ1n) is 8.84. The first-order valence-corrected chi connectivity index (χ1v) is 8.84. The van der Waals surface area contributed by atoms with Crippen molar-refractivity contribution >= 4 is 5.91 Å². The number of hydrogen-bond donors (Lipinski definition) is 2. The molecular weight excluding hydrogens is 296 g/mol. The second-order valence-electron chi connectivity index (χ2n) is 6.60. The van der Waals surface area contributed by atoms with Gasteiger partial charge in [0.1, 0.15) is 0 Å². The zero-order valence-electron chi connectivity index (χ0n) is 14.7. The molecule has 0 bridgehead atoms. The lowest BCUT2D eigenvalue weighted by atomic mass is 10.1. The van der Waals surface area contributed by atoms with E-state index in [-0.39, 0.29) is 11.9 Å². The van der Waals surface area contributed by atoms with Crippen LogP contribution < -0.4 is 10.6 Å². The van der Waals surface area contributed by atoms with Gasteiger partial charge in [0.25, 0.3) is 0 Å². The maximum absolute atomic E-state index is 12.1. The van der Waals surface area contributed by atoms with Crippen molar-refractivity contribution in [2.45, 2.75) is 45.2 Å². The number of hydrogen-bond acceptors (Lipinski definition) is 1. The van der Waals surface area contributed by atoms with Crippen LogP contribution in [0.25, 0.3) is 0 Å². The van der Waals surface area contributed by atoms with E-state index in [1.54, 1.807) is 0 Å². The molecule has 2 rings (SSSR count). The maximum Gasteiger partial charge on any atom is 0.225 e. The summed E-state index contributed by atoms with van der Waals surface area (Å²) in [6, 6.07) is 21.4. The van der Waals surface area contributed by atoms with Crippen LogP contribution in [0.4, 0.5) is 0 Å². The fraction of sp³-hybridized carbons (Fsp3) is 0.381. The van der Waals surface area contributed by atoms with Crippen LogP contribution in [-0.2, 0) is 17.6 Å². The van der Waals surface area contributed by atoms with Gasteiger partial charge in [0.05, 0.1) is 19.0 Å². The molecule has 0 spiro atoms. The highest BCUT2D eigenvalue weighted by Crippen LogP contribution is 2.03. The van der Waals surface area contributed by atoms with Crippen LogP contribution >= 0.6 is 0 Å². The Balaban J connectivity index is 1.62. The fourth-order valence-corrected chi connectivity index (χ4v) is 2.93. The smallest absolute Gasteiger partial charge is 0.225 e. The number of nitrogens with two attached hydrogens (primary N) is 1. The van der Waals surface area contributed by atoms with Gasteiger partial charge in [0, 0.05) is 12.5 Å². The highest BCUT2D eigenvalue weighted by molar-refractivity contribution is 5.76. The molecule has 0 unspecified atom stereocenters. The van der Waals surface area contributed by atoms with Crippen molar-refractivity contribution in [2.75, 3.05) is 6.54 Å². The standard InChI is InChI=1S/C21H28N2O/c1-17(15-19-9-5-3-6-10-19)22-14-13-21(24)23-18(2)16-20-11-7-4-8-12-20/h3-12,17-18,22H,13-16H2,1-2H3,(H,23,24)/p+1/t17-,18+/m0/s1. The minimum Gasteiger partial charge on any atom is -0.353 e. The van der Waals surface area contributed by atoms with Crippen molar-refractivity contribution in [3.8, 4) is 0 Å². The average molecular weight is 325 g/mol. The van der Waals surface area contributed by atoms with Crippen molar-refractivity contribution in [3.05, 3.63) is 71.8 Å². The van der Waals surface area contributed by atoms with Crippen LogP contribution in [0.1, 0.15) is 31.4 Å². The van der Waals surface area contributed by atoms with Gasteiger partial charge in [0.2, 0.25) is 5.91 Å². The van der Waals surface area contributed by atoms with E-state index in [1.165, 1.54) is 11.1 Å². The lowest BCUT2D eigenvalue weighted by Gasteiger charge is -2.15.